The lowest BCUT2D eigenvalue weighted by atomic mass is 9.35. The Morgan fingerprint density at radius 3 is 0.960 bits per heavy atom. The minimum absolute atomic E-state index is 0.279. The molecule has 25 heavy (non-hydrogen) atoms. The molecule has 0 radical (unpaired) electrons. The molecule has 0 amide bonds. The minimum atomic E-state index is 0.279. The zero-order chi connectivity index (χ0) is 18.1. The molecule has 0 heterocycles. The lowest BCUT2D eigenvalue weighted by molar-refractivity contribution is 1.39. The second-order valence-electron chi connectivity index (χ2n) is 7.51. The topological polar surface area (TPSA) is 0 Å². The van der Waals surface area contributed by atoms with E-state index in [0.29, 0.717) is 0 Å². The van der Waals surface area contributed by atoms with Crippen LogP contribution in [0.15, 0.2) is 54.6 Å². The van der Waals surface area contributed by atoms with E-state index in [1.807, 2.05) is 0 Å². The van der Waals surface area contributed by atoms with Crippen molar-refractivity contribution in [3.05, 3.63) is 88.0 Å². The molecule has 0 aliphatic rings. The highest BCUT2D eigenvalue weighted by molar-refractivity contribution is 6.96. The molecule has 0 saturated heterocycles. The SMILES string of the molecule is Cc1ccc(B(c2ccc(C)cc2C)c2ccc(C)cc2C)c(C)c1. The fourth-order valence-electron chi connectivity index (χ4n) is 3.95. The number of rotatable bonds is 3. The molecule has 3 aromatic carbocycles. The van der Waals surface area contributed by atoms with Crippen LogP contribution in [0.25, 0.3) is 0 Å². The first-order valence-electron chi connectivity index (χ1n) is 9.08. The van der Waals surface area contributed by atoms with Crippen molar-refractivity contribution in [3.63, 3.8) is 0 Å². The van der Waals surface area contributed by atoms with Gasteiger partial charge in [0.05, 0.1) is 0 Å². The number of hydrogen-bond acceptors (Lipinski definition) is 0. The summed E-state index contributed by atoms with van der Waals surface area (Å²) < 4.78 is 0. The van der Waals surface area contributed by atoms with Crippen LogP contribution in [-0.2, 0) is 0 Å². The Balaban J connectivity index is 2.27. The number of benzene rings is 3. The molecular formula is C24H27B. The van der Waals surface area contributed by atoms with Crippen LogP contribution in [0.4, 0.5) is 0 Å². The first-order chi connectivity index (χ1) is 11.9. The maximum Gasteiger partial charge on any atom is 0.242 e. The van der Waals surface area contributed by atoms with E-state index in [4.69, 9.17) is 0 Å². The van der Waals surface area contributed by atoms with Crippen LogP contribution in [0.5, 0.6) is 0 Å². The second kappa shape index (κ2) is 6.92. The molecule has 0 saturated carbocycles. The molecule has 0 unspecified atom stereocenters. The van der Waals surface area contributed by atoms with Gasteiger partial charge in [-0.15, -0.1) is 0 Å². The molecule has 0 fully saturated rings. The largest absolute Gasteiger partial charge is 0.242 e. The zero-order valence-electron chi connectivity index (χ0n) is 16.3. The molecule has 126 valence electrons. The Morgan fingerprint density at radius 2 is 0.720 bits per heavy atom. The summed E-state index contributed by atoms with van der Waals surface area (Å²) in [6.45, 7) is 13.5. The molecule has 3 rings (SSSR count). The van der Waals surface area contributed by atoms with E-state index in [1.165, 1.54) is 49.8 Å². The highest BCUT2D eigenvalue weighted by Gasteiger charge is 2.26. The van der Waals surface area contributed by atoms with Gasteiger partial charge in [0.2, 0.25) is 6.71 Å². The molecule has 0 aromatic heterocycles. The number of aryl methyl sites for hydroxylation is 6. The van der Waals surface area contributed by atoms with Gasteiger partial charge in [0.25, 0.3) is 0 Å². The van der Waals surface area contributed by atoms with E-state index in [2.05, 4.69) is 96.1 Å². The van der Waals surface area contributed by atoms with Gasteiger partial charge < -0.3 is 0 Å². The van der Waals surface area contributed by atoms with Crippen LogP contribution in [0.1, 0.15) is 33.4 Å². The first kappa shape index (κ1) is 17.5. The summed E-state index contributed by atoms with van der Waals surface area (Å²) in [7, 11) is 0. The fourth-order valence-corrected chi connectivity index (χ4v) is 3.95. The third-order valence-electron chi connectivity index (χ3n) is 5.21. The van der Waals surface area contributed by atoms with E-state index in [0.717, 1.165) is 0 Å². The van der Waals surface area contributed by atoms with Gasteiger partial charge >= 0.3 is 0 Å². The Labute approximate surface area is 153 Å². The van der Waals surface area contributed by atoms with Gasteiger partial charge in [-0.2, -0.15) is 0 Å². The van der Waals surface area contributed by atoms with Crippen molar-refractivity contribution in [2.24, 2.45) is 0 Å². The van der Waals surface area contributed by atoms with Gasteiger partial charge in [-0.1, -0.05) is 104 Å². The molecule has 3 aromatic rings. The van der Waals surface area contributed by atoms with Crippen LogP contribution >= 0.6 is 0 Å². The van der Waals surface area contributed by atoms with Crippen LogP contribution in [0.3, 0.4) is 0 Å². The van der Waals surface area contributed by atoms with E-state index in [1.54, 1.807) is 0 Å². The van der Waals surface area contributed by atoms with Crippen LogP contribution in [0, 0.1) is 41.5 Å². The van der Waals surface area contributed by atoms with Gasteiger partial charge in [-0.05, 0) is 41.5 Å². The van der Waals surface area contributed by atoms with Gasteiger partial charge in [0, 0.05) is 0 Å². The first-order valence-corrected chi connectivity index (χ1v) is 9.08. The summed E-state index contributed by atoms with van der Waals surface area (Å²) in [6, 6.07) is 20.6. The summed E-state index contributed by atoms with van der Waals surface area (Å²) in [5.41, 5.74) is 12.3. The highest BCUT2D eigenvalue weighted by atomic mass is 14.1. The maximum atomic E-state index is 2.31. The van der Waals surface area contributed by atoms with Crippen molar-refractivity contribution >= 4 is 23.1 Å². The minimum Gasteiger partial charge on any atom is -0.0664 e. The average molecular weight is 326 g/mol. The van der Waals surface area contributed by atoms with Gasteiger partial charge in [0.1, 0.15) is 0 Å². The van der Waals surface area contributed by atoms with Crippen molar-refractivity contribution < 1.29 is 0 Å². The van der Waals surface area contributed by atoms with Crippen LogP contribution < -0.4 is 16.4 Å². The predicted molar refractivity (Wildman–Crippen MR) is 112 cm³/mol. The van der Waals surface area contributed by atoms with Gasteiger partial charge in [-0.3, -0.25) is 0 Å². The Bertz CT molecular complexity index is 799. The third kappa shape index (κ3) is 3.56. The molecule has 0 nitrogen and oxygen atoms in total. The lowest BCUT2D eigenvalue weighted by Gasteiger charge is -2.22. The third-order valence-corrected chi connectivity index (χ3v) is 5.21. The van der Waals surface area contributed by atoms with Gasteiger partial charge in [-0.25, -0.2) is 0 Å². The quantitative estimate of drug-likeness (QED) is 0.637. The number of hydrogen-bond donors (Lipinski definition) is 0. The molecule has 0 aliphatic carbocycles. The van der Waals surface area contributed by atoms with Crippen molar-refractivity contribution in [3.8, 4) is 0 Å². The summed E-state index contributed by atoms with van der Waals surface area (Å²) in [6.07, 6.45) is 0. The lowest BCUT2D eigenvalue weighted by Crippen LogP contribution is -2.54. The Morgan fingerprint density at radius 1 is 0.440 bits per heavy atom. The summed E-state index contributed by atoms with van der Waals surface area (Å²) in [4.78, 5) is 0. The standard InChI is InChI=1S/C24H27B/c1-16-7-10-22(19(4)13-16)25(23-11-8-17(2)14-20(23)5)24-12-9-18(3)15-21(24)6/h7-15H,1-6H3. The van der Waals surface area contributed by atoms with E-state index >= 15 is 0 Å². The summed E-state index contributed by atoms with van der Waals surface area (Å²) in [5.74, 6) is 0. The second-order valence-corrected chi connectivity index (χ2v) is 7.51. The molecule has 0 N–H and O–H groups in total. The van der Waals surface area contributed by atoms with E-state index in [9.17, 15) is 0 Å². The van der Waals surface area contributed by atoms with Crippen LogP contribution in [-0.4, -0.2) is 6.71 Å². The smallest absolute Gasteiger partial charge is 0.0664 e. The maximum absolute atomic E-state index is 2.31. The monoisotopic (exact) mass is 326 g/mol. The molecular weight excluding hydrogens is 299 g/mol. The molecule has 1 heteroatoms. The predicted octanol–water partition coefficient (Wildman–Crippen LogP) is 4.05. The fraction of sp³-hybridized carbons (Fsp3) is 0.250. The van der Waals surface area contributed by atoms with Crippen molar-refractivity contribution in [1.29, 1.82) is 0 Å². The molecule has 0 atom stereocenters. The van der Waals surface area contributed by atoms with E-state index in [-0.39, 0.29) is 6.71 Å². The van der Waals surface area contributed by atoms with Crippen LogP contribution in [0.2, 0.25) is 0 Å². The summed E-state index contributed by atoms with van der Waals surface area (Å²) in [5, 5.41) is 0. The van der Waals surface area contributed by atoms with Crippen molar-refractivity contribution in [1.82, 2.24) is 0 Å². The Hall–Kier alpha value is -2.28. The molecule has 0 bridgehead atoms. The Kier molecular flexibility index (Phi) is 4.86. The van der Waals surface area contributed by atoms with E-state index < -0.39 is 0 Å². The molecule has 0 aliphatic heterocycles. The molecule has 0 spiro atoms. The highest BCUT2D eigenvalue weighted by Crippen LogP contribution is 2.09. The van der Waals surface area contributed by atoms with Gasteiger partial charge in [0.15, 0.2) is 0 Å². The summed E-state index contributed by atoms with van der Waals surface area (Å²) >= 11 is 0. The van der Waals surface area contributed by atoms with Crippen molar-refractivity contribution in [2.75, 3.05) is 0 Å². The zero-order valence-corrected chi connectivity index (χ0v) is 16.3. The van der Waals surface area contributed by atoms with Crippen molar-refractivity contribution in [2.45, 2.75) is 41.5 Å². The average Bonchev–Trinajstić information content (AvgIpc) is 2.52. The normalized spacial score (nSPS) is 10.8.